The Kier molecular flexibility index (Phi) is 6.94. The number of amides is 1. The number of ketones is 2. The number of hydrogen-bond donors (Lipinski definition) is 1. The van der Waals surface area contributed by atoms with Gasteiger partial charge in [0.25, 0.3) is 11.1 Å². The summed E-state index contributed by atoms with van der Waals surface area (Å²) in [5.74, 6) is -0.781. The number of thioether (sulfide) groups is 1. The average molecular weight is 357 g/mol. The highest BCUT2D eigenvalue weighted by Gasteiger charge is 2.31. The molecule has 0 spiro atoms. The molecule has 24 heavy (non-hydrogen) atoms. The van der Waals surface area contributed by atoms with E-state index in [0.717, 1.165) is 11.8 Å². The van der Waals surface area contributed by atoms with Crippen molar-refractivity contribution in [3.63, 3.8) is 0 Å². The van der Waals surface area contributed by atoms with E-state index in [1.54, 1.807) is 34.6 Å². The topological polar surface area (TPSA) is 111 Å². The van der Waals surface area contributed by atoms with Gasteiger partial charge in [0.2, 0.25) is 5.78 Å². The predicted molar refractivity (Wildman–Crippen MR) is 88.0 cm³/mol. The van der Waals surface area contributed by atoms with Gasteiger partial charge in [-0.1, -0.05) is 25.6 Å². The van der Waals surface area contributed by atoms with E-state index in [0.29, 0.717) is 0 Å². The molecule has 1 heterocycles. The van der Waals surface area contributed by atoms with Crippen molar-refractivity contribution >= 4 is 29.4 Å². The van der Waals surface area contributed by atoms with Crippen LogP contribution in [0, 0.1) is 5.92 Å². The van der Waals surface area contributed by atoms with Gasteiger partial charge in [0.1, 0.15) is 17.4 Å². The zero-order valence-electron chi connectivity index (χ0n) is 14.7. The Balaban J connectivity index is 2.80. The van der Waals surface area contributed by atoms with Crippen molar-refractivity contribution in [2.45, 2.75) is 58.4 Å². The number of carbonyl (C=O) groups is 3. The molecule has 0 saturated heterocycles. The van der Waals surface area contributed by atoms with Crippen LogP contribution in [0.15, 0.2) is 9.64 Å². The van der Waals surface area contributed by atoms with Crippen LogP contribution in [0.25, 0.3) is 0 Å². The maximum Gasteiger partial charge on any atom is 0.408 e. The van der Waals surface area contributed by atoms with Gasteiger partial charge < -0.3 is 14.5 Å². The molecular weight excluding hydrogens is 334 g/mol. The maximum absolute atomic E-state index is 12.5. The second kappa shape index (κ2) is 8.27. The summed E-state index contributed by atoms with van der Waals surface area (Å²) >= 11 is 1.05. The van der Waals surface area contributed by atoms with Crippen LogP contribution in [0.2, 0.25) is 0 Å². The number of Topliss-reactive ketones (excluding diaryl/α,β-unsaturated/α-hetero) is 2. The van der Waals surface area contributed by atoms with Crippen LogP contribution < -0.4 is 5.32 Å². The molecule has 8 nitrogen and oxygen atoms in total. The molecule has 1 aromatic heterocycles. The number of rotatable bonds is 7. The first-order valence-electron chi connectivity index (χ1n) is 7.49. The molecule has 1 N–H and O–H groups in total. The minimum Gasteiger partial charge on any atom is -0.444 e. The van der Waals surface area contributed by atoms with Crippen LogP contribution in [0.4, 0.5) is 4.79 Å². The van der Waals surface area contributed by atoms with E-state index in [1.807, 2.05) is 0 Å². The third-order valence-electron chi connectivity index (χ3n) is 2.64. The van der Waals surface area contributed by atoms with Gasteiger partial charge in [-0.25, -0.2) is 4.79 Å². The lowest BCUT2D eigenvalue weighted by Crippen LogP contribution is -2.46. The van der Waals surface area contributed by atoms with Gasteiger partial charge in [0.05, 0.1) is 5.75 Å². The third-order valence-corrected chi connectivity index (χ3v) is 3.60. The summed E-state index contributed by atoms with van der Waals surface area (Å²) in [5.41, 5.74) is -0.671. The number of hydrogen-bond acceptors (Lipinski definition) is 8. The molecule has 0 aliphatic rings. The Hall–Kier alpha value is -1.90. The van der Waals surface area contributed by atoms with E-state index in [4.69, 9.17) is 9.15 Å². The number of nitrogens with one attached hydrogen (secondary N) is 1. The number of nitrogens with zero attached hydrogens (tertiary/aromatic N) is 2. The zero-order chi connectivity index (χ0) is 18.5. The smallest absolute Gasteiger partial charge is 0.408 e. The van der Waals surface area contributed by atoms with Crippen LogP contribution in [-0.2, 0) is 9.53 Å². The molecular formula is C15H23N3O5S. The second-order valence-electron chi connectivity index (χ2n) is 6.60. The van der Waals surface area contributed by atoms with Crippen LogP contribution in [-0.4, -0.2) is 45.3 Å². The lowest BCUT2D eigenvalue weighted by Gasteiger charge is -2.24. The van der Waals surface area contributed by atoms with Gasteiger partial charge in [0, 0.05) is 0 Å². The van der Waals surface area contributed by atoms with Crippen LogP contribution in [0.3, 0.4) is 0 Å². The Morgan fingerprint density at radius 3 is 2.38 bits per heavy atom. The summed E-state index contributed by atoms with van der Waals surface area (Å²) in [6, 6.07) is -0.856. The van der Waals surface area contributed by atoms with E-state index in [1.165, 1.54) is 6.92 Å². The summed E-state index contributed by atoms with van der Waals surface area (Å²) in [6.45, 7) is 10.2. The second-order valence-corrected chi connectivity index (χ2v) is 7.52. The van der Waals surface area contributed by atoms with Crippen molar-refractivity contribution in [2.24, 2.45) is 5.92 Å². The highest BCUT2D eigenvalue weighted by atomic mass is 32.2. The van der Waals surface area contributed by atoms with Gasteiger partial charge in [-0.2, -0.15) is 0 Å². The van der Waals surface area contributed by atoms with Crippen molar-refractivity contribution in [1.82, 2.24) is 15.5 Å². The fraction of sp³-hybridized carbons (Fsp3) is 0.667. The maximum atomic E-state index is 12.5. The van der Waals surface area contributed by atoms with E-state index < -0.39 is 23.5 Å². The Morgan fingerprint density at radius 1 is 1.25 bits per heavy atom. The van der Waals surface area contributed by atoms with E-state index in [9.17, 15) is 14.4 Å². The average Bonchev–Trinajstić information content (AvgIpc) is 2.88. The summed E-state index contributed by atoms with van der Waals surface area (Å²) in [5, 5.41) is 10.1. The first-order valence-corrected chi connectivity index (χ1v) is 8.47. The lowest BCUT2D eigenvalue weighted by molar-refractivity contribution is -0.114. The Morgan fingerprint density at radius 2 is 1.88 bits per heavy atom. The quantitative estimate of drug-likeness (QED) is 0.585. The Bertz CT molecular complexity index is 606. The summed E-state index contributed by atoms with van der Waals surface area (Å²) in [7, 11) is 0. The molecule has 134 valence electrons. The van der Waals surface area contributed by atoms with Gasteiger partial charge in [0.15, 0.2) is 0 Å². The fourth-order valence-corrected chi connectivity index (χ4v) is 2.20. The molecule has 0 radical (unpaired) electrons. The van der Waals surface area contributed by atoms with Crippen molar-refractivity contribution in [2.75, 3.05) is 5.75 Å². The van der Waals surface area contributed by atoms with Crippen molar-refractivity contribution in [3.05, 3.63) is 5.89 Å². The fourth-order valence-electron chi connectivity index (χ4n) is 1.63. The van der Waals surface area contributed by atoms with E-state index >= 15 is 0 Å². The van der Waals surface area contributed by atoms with E-state index in [-0.39, 0.29) is 28.6 Å². The van der Waals surface area contributed by atoms with Gasteiger partial charge in [-0.05, 0) is 33.6 Å². The largest absolute Gasteiger partial charge is 0.444 e. The zero-order valence-corrected chi connectivity index (χ0v) is 15.5. The molecule has 0 saturated carbocycles. The summed E-state index contributed by atoms with van der Waals surface area (Å²) < 4.78 is 10.4. The molecule has 1 amide bonds. The molecule has 0 aliphatic carbocycles. The van der Waals surface area contributed by atoms with Crippen molar-refractivity contribution < 1.29 is 23.5 Å². The number of alkyl carbamates (subject to hydrolysis) is 1. The van der Waals surface area contributed by atoms with Gasteiger partial charge in [-0.15, -0.1) is 10.2 Å². The summed E-state index contributed by atoms with van der Waals surface area (Å²) in [6.07, 6.45) is -0.694. The standard InChI is InChI=1S/C15H23N3O5S/c1-8(2)10(16-13(21)23-15(4,5)6)11(20)12-17-18-14(22-12)24-7-9(3)19/h8,10H,7H2,1-6H3,(H,16,21). The molecule has 0 aromatic carbocycles. The van der Waals surface area contributed by atoms with Crippen LogP contribution >= 0.6 is 11.8 Å². The molecule has 0 bridgehead atoms. The highest BCUT2D eigenvalue weighted by molar-refractivity contribution is 7.99. The van der Waals surface area contributed by atoms with Gasteiger partial charge >= 0.3 is 6.09 Å². The molecule has 1 aromatic rings. The first kappa shape index (κ1) is 20.1. The third kappa shape index (κ3) is 6.69. The number of carbonyl (C=O) groups excluding carboxylic acids is 3. The molecule has 1 unspecified atom stereocenters. The Labute approximate surface area is 145 Å². The first-order chi connectivity index (χ1) is 11.0. The summed E-state index contributed by atoms with van der Waals surface area (Å²) in [4.78, 5) is 35.3. The van der Waals surface area contributed by atoms with Gasteiger partial charge in [-0.3, -0.25) is 9.59 Å². The van der Waals surface area contributed by atoms with Crippen LogP contribution in [0.1, 0.15) is 52.2 Å². The molecule has 1 atom stereocenters. The molecule has 0 fully saturated rings. The molecule has 1 rings (SSSR count). The molecule has 0 aliphatic heterocycles. The number of ether oxygens (including phenoxy) is 1. The molecule has 9 heteroatoms. The highest BCUT2D eigenvalue weighted by Crippen LogP contribution is 2.18. The van der Waals surface area contributed by atoms with Crippen LogP contribution in [0.5, 0.6) is 0 Å². The minimum atomic E-state index is -0.856. The van der Waals surface area contributed by atoms with E-state index in [2.05, 4.69) is 15.5 Å². The normalized spacial score (nSPS) is 12.8. The number of aromatic nitrogens is 2. The monoisotopic (exact) mass is 357 g/mol. The SMILES string of the molecule is CC(=O)CSc1nnc(C(=O)C(NC(=O)OC(C)(C)C)C(C)C)o1. The predicted octanol–water partition coefficient (Wildman–Crippen LogP) is 2.48. The van der Waals surface area contributed by atoms with Crippen molar-refractivity contribution in [3.8, 4) is 0 Å². The lowest BCUT2D eigenvalue weighted by atomic mass is 10.00. The minimum absolute atomic E-state index is 0.0438. The van der Waals surface area contributed by atoms with Crippen molar-refractivity contribution in [1.29, 1.82) is 0 Å².